The lowest BCUT2D eigenvalue weighted by atomic mass is 9.90. The van der Waals surface area contributed by atoms with Crippen molar-refractivity contribution in [2.75, 3.05) is 4.90 Å². The first-order valence-electron chi connectivity index (χ1n) is 20.1. The largest absolute Gasteiger partial charge is 0.455 e. The van der Waals surface area contributed by atoms with Gasteiger partial charge < -0.3 is 9.64 Å². The van der Waals surface area contributed by atoms with Crippen LogP contribution in [0.3, 0.4) is 0 Å². The van der Waals surface area contributed by atoms with Gasteiger partial charge in [0.25, 0.3) is 0 Å². The number of rotatable bonds is 8. The van der Waals surface area contributed by atoms with Gasteiger partial charge in [0.2, 0.25) is 0 Å². The van der Waals surface area contributed by atoms with Crippen LogP contribution < -0.4 is 9.64 Å². The van der Waals surface area contributed by atoms with Crippen LogP contribution in [0.1, 0.15) is 0 Å². The summed E-state index contributed by atoms with van der Waals surface area (Å²) in [6.45, 7) is 0. The van der Waals surface area contributed by atoms with Crippen LogP contribution in [0.25, 0.3) is 78.3 Å². The van der Waals surface area contributed by atoms with Gasteiger partial charge in [0.1, 0.15) is 11.5 Å². The molecule has 9 aromatic carbocycles. The molecular weight excluding hydrogens is 733 g/mol. The van der Waals surface area contributed by atoms with Crippen molar-refractivity contribution in [2.24, 2.45) is 0 Å². The first kappa shape index (κ1) is 35.0. The maximum absolute atomic E-state index is 6.91. The maximum Gasteiger partial charge on any atom is 0.164 e. The third-order valence-corrected chi connectivity index (χ3v) is 11.1. The smallest absolute Gasteiger partial charge is 0.164 e. The number of hydrogen-bond donors (Lipinski definition) is 0. The molecule has 0 N–H and O–H groups in total. The highest BCUT2D eigenvalue weighted by molar-refractivity contribution is 6.10. The number of benzene rings is 9. The number of fused-ring (bicyclic) bond motifs is 2. The van der Waals surface area contributed by atoms with Gasteiger partial charge in [0.05, 0.1) is 0 Å². The molecule has 1 aromatic heterocycles. The summed E-state index contributed by atoms with van der Waals surface area (Å²) in [6.07, 6.45) is 0. The van der Waals surface area contributed by atoms with Gasteiger partial charge in [-0.2, -0.15) is 0 Å². The quantitative estimate of drug-likeness (QED) is 0.154. The zero-order valence-electron chi connectivity index (χ0n) is 32.5. The molecule has 1 aliphatic rings. The fraction of sp³-hybridized carbons (Fsp3) is 0. The second-order valence-electron chi connectivity index (χ2n) is 14.8. The van der Waals surface area contributed by atoms with E-state index < -0.39 is 0 Å². The van der Waals surface area contributed by atoms with Gasteiger partial charge in [-0.1, -0.05) is 170 Å². The standard InChI is InChI=1S/C55H36N4O/c1-5-15-37(16-6-1)38-27-31-43(32-28-38)59(42-21-11-4-12-22-42)44-33-29-39(30-34-44)45-23-13-26-48-46-24-14-25-47-49(35-36-50(51(46)47)60-52(45)48)55-57-53(40-17-7-2-8-18-40)56-54(58-55)41-19-9-3-10-20-41/h1-36H. The SMILES string of the molecule is c1ccc(-c2ccc(N(c3ccccc3)c3ccc(-c4cccc5c4Oc4ccc(-c6nc(-c7ccccc7)nc(-c7ccccc7)n6)c6cccc-5c46)cc3)cc2)cc1. The zero-order chi connectivity index (χ0) is 39.8. The van der Waals surface area contributed by atoms with E-state index in [1.807, 2.05) is 66.7 Å². The summed E-state index contributed by atoms with van der Waals surface area (Å²) in [5.41, 5.74) is 12.7. The Balaban J connectivity index is 0.972. The molecule has 60 heavy (non-hydrogen) atoms. The molecule has 0 amide bonds. The Bertz CT molecular complexity index is 3080. The summed E-state index contributed by atoms with van der Waals surface area (Å²) >= 11 is 0. The summed E-state index contributed by atoms with van der Waals surface area (Å²) in [7, 11) is 0. The molecule has 0 aliphatic carbocycles. The minimum Gasteiger partial charge on any atom is -0.455 e. The molecule has 0 bridgehead atoms. The average Bonchev–Trinajstić information content (AvgIpc) is 3.33. The predicted molar refractivity (Wildman–Crippen MR) is 245 cm³/mol. The molecule has 0 fully saturated rings. The van der Waals surface area contributed by atoms with E-state index in [1.54, 1.807) is 0 Å². The lowest BCUT2D eigenvalue weighted by Gasteiger charge is -2.26. The second-order valence-corrected chi connectivity index (χ2v) is 14.8. The molecule has 11 rings (SSSR count). The van der Waals surface area contributed by atoms with Crippen molar-refractivity contribution in [1.29, 1.82) is 0 Å². The van der Waals surface area contributed by atoms with E-state index >= 15 is 0 Å². The van der Waals surface area contributed by atoms with Gasteiger partial charge in [-0.3, -0.25) is 0 Å². The third-order valence-electron chi connectivity index (χ3n) is 11.1. The van der Waals surface area contributed by atoms with Crippen LogP contribution in [0.4, 0.5) is 17.1 Å². The van der Waals surface area contributed by atoms with E-state index in [2.05, 4.69) is 157 Å². The van der Waals surface area contributed by atoms with Gasteiger partial charge in [-0.05, 0) is 76.2 Å². The Hall–Kier alpha value is -8.15. The third kappa shape index (κ3) is 6.35. The topological polar surface area (TPSA) is 51.1 Å². The van der Waals surface area contributed by atoms with E-state index in [4.69, 9.17) is 19.7 Å². The summed E-state index contributed by atoms with van der Waals surface area (Å²) in [5.74, 6) is 3.51. The molecule has 10 aromatic rings. The van der Waals surface area contributed by atoms with Crippen LogP contribution in [-0.4, -0.2) is 15.0 Å². The number of nitrogens with zero attached hydrogens (tertiary/aromatic N) is 4. The van der Waals surface area contributed by atoms with Crippen LogP contribution in [0.2, 0.25) is 0 Å². The van der Waals surface area contributed by atoms with Crippen molar-refractivity contribution in [3.63, 3.8) is 0 Å². The Labute approximate surface area is 348 Å². The maximum atomic E-state index is 6.91. The average molecular weight is 769 g/mol. The zero-order valence-corrected chi connectivity index (χ0v) is 32.5. The highest BCUT2D eigenvalue weighted by Crippen LogP contribution is 2.52. The summed E-state index contributed by atoms with van der Waals surface area (Å²) in [6, 6.07) is 75.7. The minimum absolute atomic E-state index is 0.614. The fourth-order valence-corrected chi connectivity index (χ4v) is 8.25. The number of para-hydroxylation sites is 2. The monoisotopic (exact) mass is 768 g/mol. The van der Waals surface area contributed by atoms with Crippen LogP contribution in [0, 0.1) is 0 Å². The van der Waals surface area contributed by atoms with Crippen LogP contribution in [0.5, 0.6) is 11.5 Å². The molecule has 5 nitrogen and oxygen atoms in total. The van der Waals surface area contributed by atoms with Crippen molar-refractivity contribution in [3.05, 3.63) is 218 Å². The van der Waals surface area contributed by atoms with Gasteiger partial charge in [0.15, 0.2) is 17.5 Å². The van der Waals surface area contributed by atoms with Gasteiger partial charge in [-0.25, -0.2) is 15.0 Å². The molecular formula is C55H36N4O. The molecule has 0 spiro atoms. The molecule has 0 unspecified atom stereocenters. The summed E-state index contributed by atoms with van der Waals surface area (Å²) < 4.78 is 6.91. The normalized spacial score (nSPS) is 11.5. The van der Waals surface area contributed by atoms with Crippen molar-refractivity contribution in [3.8, 4) is 79.0 Å². The minimum atomic E-state index is 0.614. The van der Waals surface area contributed by atoms with Gasteiger partial charge in [0, 0.05) is 50.3 Å². The van der Waals surface area contributed by atoms with E-state index in [0.717, 1.165) is 78.3 Å². The van der Waals surface area contributed by atoms with Crippen molar-refractivity contribution in [2.45, 2.75) is 0 Å². The lowest BCUT2D eigenvalue weighted by molar-refractivity contribution is 0.489. The Morgan fingerprint density at radius 1 is 0.300 bits per heavy atom. The fourth-order valence-electron chi connectivity index (χ4n) is 8.25. The first-order chi connectivity index (χ1) is 29.7. The van der Waals surface area contributed by atoms with Gasteiger partial charge in [-0.15, -0.1) is 0 Å². The molecule has 2 heterocycles. The highest BCUT2D eigenvalue weighted by atomic mass is 16.5. The van der Waals surface area contributed by atoms with E-state index in [9.17, 15) is 0 Å². The lowest BCUT2D eigenvalue weighted by Crippen LogP contribution is -2.09. The Kier molecular flexibility index (Phi) is 8.75. The highest BCUT2D eigenvalue weighted by Gasteiger charge is 2.25. The molecule has 282 valence electrons. The van der Waals surface area contributed by atoms with Crippen molar-refractivity contribution in [1.82, 2.24) is 15.0 Å². The number of aromatic nitrogens is 3. The molecule has 5 heteroatoms. The van der Waals surface area contributed by atoms with Crippen LogP contribution in [-0.2, 0) is 0 Å². The van der Waals surface area contributed by atoms with Crippen LogP contribution in [0.15, 0.2) is 218 Å². The molecule has 0 saturated carbocycles. The predicted octanol–water partition coefficient (Wildman–Crippen LogP) is 14.6. The Morgan fingerprint density at radius 2 is 0.767 bits per heavy atom. The Morgan fingerprint density at radius 3 is 1.38 bits per heavy atom. The van der Waals surface area contributed by atoms with E-state index in [1.165, 1.54) is 11.1 Å². The van der Waals surface area contributed by atoms with Crippen molar-refractivity contribution < 1.29 is 4.74 Å². The van der Waals surface area contributed by atoms with E-state index in [-0.39, 0.29) is 0 Å². The number of hydrogen-bond acceptors (Lipinski definition) is 5. The number of anilines is 3. The first-order valence-corrected chi connectivity index (χ1v) is 20.1. The summed E-state index contributed by atoms with van der Waals surface area (Å²) in [4.78, 5) is 17.3. The molecule has 0 atom stereocenters. The summed E-state index contributed by atoms with van der Waals surface area (Å²) in [5, 5.41) is 2.06. The molecule has 0 radical (unpaired) electrons. The molecule has 0 saturated heterocycles. The van der Waals surface area contributed by atoms with Crippen molar-refractivity contribution >= 4 is 27.8 Å². The van der Waals surface area contributed by atoms with E-state index in [0.29, 0.717) is 17.5 Å². The second kappa shape index (κ2) is 15.0. The molecule has 1 aliphatic heterocycles. The van der Waals surface area contributed by atoms with Crippen LogP contribution >= 0.6 is 0 Å². The number of ether oxygens (including phenoxy) is 1. The van der Waals surface area contributed by atoms with Gasteiger partial charge >= 0.3 is 0 Å².